The first kappa shape index (κ1) is 46.7. The number of hydrogen-bond donors (Lipinski definition) is 6. The number of carbonyl (C=O) groups is 1. The minimum absolute atomic E-state index is 0.250. The lowest BCUT2D eigenvalue weighted by molar-refractivity contribution is -0.138. The van der Waals surface area contributed by atoms with E-state index in [0.717, 1.165) is 18.9 Å². The molecule has 0 saturated carbocycles. The summed E-state index contributed by atoms with van der Waals surface area (Å²) in [5.74, 6) is -1.18. The fraction of sp³-hybridized carbons (Fsp3) is 0.700. The van der Waals surface area contributed by atoms with Gasteiger partial charge in [0.25, 0.3) is 0 Å². The Morgan fingerprint density at radius 1 is 0.718 bits per heavy atom. The van der Waals surface area contributed by atoms with Crippen LogP contribution in [0.15, 0.2) is 42.7 Å². The summed E-state index contributed by atoms with van der Waals surface area (Å²) in [6.45, 7) is 13.7. The summed E-state index contributed by atoms with van der Waals surface area (Å²) >= 11 is 0. The zero-order valence-electron chi connectivity index (χ0n) is 25.6. The highest BCUT2D eigenvalue weighted by atomic mass is 16.7. The number of carboxylic acids is 1. The Morgan fingerprint density at radius 3 is 1.49 bits per heavy atom. The van der Waals surface area contributed by atoms with Gasteiger partial charge in [-0.3, -0.25) is 0 Å². The van der Waals surface area contributed by atoms with Gasteiger partial charge >= 0.3 is 5.97 Å². The van der Waals surface area contributed by atoms with Crippen molar-refractivity contribution in [1.29, 1.82) is 0 Å². The van der Waals surface area contributed by atoms with E-state index in [1.807, 2.05) is 37.3 Å². The van der Waals surface area contributed by atoms with Gasteiger partial charge in [0.2, 0.25) is 5.79 Å². The Kier molecular flexibility index (Phi) is 51.3. The van der Waals surface area contributed by atoms with Gasteiger partial charge in [-0.1, -0.05) is 63.6 Å². The molecule has 6 N–H and O–H groups in total. The van der Waals surface area contributed by atoms with E-state index in [0.29, 0.717) is 12.2 Å². The highest BCUT2D eigenvalue weighted by Gasteiger charge is 2.26. The standard InChI is InChI=1S/C20H30O4.5C2H6O/c1-3-4-5-6-7-8-12-16-20(2,23-17-15-19(21)22)24-18-13-10-9-11-14-18;5*1-2-3/h9-11,13-15,17H,3-8,12,16H2,1-2H3,(H,21,22);5*3H,2H2,1H3. The number of ether oxygens (including phenoxy) is 2. The zero-order chi connectivity index (χ0) is 31.2. The number of aliphatic hydroxyl groups excluding tert-OH is 5. The summed E-state index contributed by atoms with van der Waals surface area (Å²) < 4.78 is 11.6. The molecule has 1 atom stereocenters. The van der Waals surface area contributed by atoms with Crippen LogP contribution in [0.3, 0.4) is 0 Å². The van der Waals surface area contributed by atoms with Gasteiger partial charge in [0.1, 0.15) is 5.75 Å². The van der Waals surface area contributed by atoms with Gasteiger partial charge in [0.15, 0.2) is 0 Å². The molecule has 0 fully saturated rings. The lowest BCUT2D eigenvalue weighted by Crippen LogP contribution is -2.34. The van der Waals surface area contributed by atoms with Gasteiger partial charge in [0, 0.05) is 46.4 Å². The molecule has 1 aromatic rings. The van der Waals surface area contributed by atoms with Crippen molar-refractivity contribution in [3.05, 3.63) is 42.7 Å². The molecule has 0 heterocycles. The van der Waals surface area contributed by atoms with Gasteiger partial charge in [0.05, 0.1) is 12.3 Å². The molecule has 0 bridgehead atoms. The molecule has 0 spiro atoms. The quantitative estimate of drug-likeness (QED) is 0.0784. The average molecular weight is 565 g/mol. The fourth-order valence-electron chi connectivity index (χ4n) is 2.51. The molecule has 0 aliphatic carbocycles. The van der Waals surface area contributed by atoms with Crippen LogP contribution < -0.4 is 4.74 Å². The summed E-state index contributed by atoms with van der Waals surface area (Å²) in [6.07, 6.45) is 11.3. The summed E-state index contributed by atoms with van der Waals surface area (Å²) in [6, 6.07) is 9.46. The number of unbranched alkanes of at least 4 members (excludes halogenated alkanes) is 6. The Labute approximate surface area is 238 Å². The number of rotatable bonds is 13. The third-order valence-corrected chi connectivity index (χ3v) is 3.84. The first-order valence-corrected chi connectivity index (χ1v) is 14.0. The SMILES string of the molecule is CCCCCCCCCC(C)(OC=CC(=O)O)Oc1ccccc1.CCO.CCO.CCO.CCO.CCO. The van der Waals surface area contributed by atoms with Gasteiger partial charge in [-0.15, -0.1) is 0 Å². The van der Waals surface area contributed by atoms with Crippen molar-refractivity contribution in [1.82, 2.24) is 0 Å². The van der Waals surface area contributed by atoms with Crippen LogP contribution in [0.25, 0.3) is 0 Å². The third kappa shape index (κ3) is 52.9. The molecule has 0 saturated heterocycles. The van der Waals surface area contributed by atoms with Crippen LogP contribution in [0.2, 0.25) is 0 Å². The molecule has 0 aliphatic heterocycles. The minimum Gasteiger partial charge on any atom is -0.478 e. The predicted molar refractivity (Wildman–Crippen MR) is 160 cm³/mol. The number of aliphatic hydroxyl groups is 5. The molecule has 0 aliphatic rings. The maximum absolute atomic E-state index is 10.6. The third-order valence-electron chi connectivity index (χ3n) is 3.84. The van der Waals surface area contributed by atoms with Crippen molar-refractivity contribution in [2.45, 2.75) is 106 Å². The summed E-state index contributed by atoms with van der Waals surface area (Å²) in [5, 5.41) is 46.6. The maximum atomic E-state index is 10.6. The van der Waals surface area contributed by atoms with Crippen molar-refractivity contribution in [3.63, 3.8) is 0 Å². The molecular formula is C30H60O9. The second kappa shape index (κ2) is 42.9. The molecular weight excluding hydrogens is 504 g/mol. The maximum Gasteiger partial charge on any atom is 0.331 e. The van der Waals surface area contributed by atoms with E-state index >= 15 is 0 Å². The number of benzene rings is 1. The van der Waals surface area contributed by atoms with E-state index < -0.39 is 11.8 Å². The Bertz CT molecular complexity index is 557. The van der Waals surface area contributed by atoms with Gasteiger partial charge < -0.3 is 40.1 Å². The van der Waals surface area contributed by atoms with E-state index in [1.165, 1.54) is 38.4 Å². The number of aliphatic carboxylic acids is 1. The second-order valence-corrected chi connectivity index (χ2v) is 7.76. The first-order chi connectivity index (χ1) is 18.6. The molecule has 9 heteroatoms. The molecule has 9 nitrogen and oxygen atoms in total. The summed E-state index contributed by atoms with van der Waals surface area (Å²) in [4.78, 5) is 10.6. The summed E-state index contributed by atoms with van der Waals surface area (Å²) in [5.41, 5.74) is 0. The van der Waals surface area contributed by atoms with E-state index in [1.54, 1.807) is 34.6 Å². The molecule has 1 unspecified atom stereocenters. The normalized spacial score (nSPS) is 10.7. The lowest BCUT2D eigenvalue weighted by Gasteiger charge is -2.30. The Hall–Kier alpha value is -2.17. The number of para-hydroxylation sites is 1. The van der Waals surface area contributed by atoms with Crippen LogP contribution in [0.1, 0.15) is 99.8 Å². The van der Waals surface area contributed by atoms with E-state index in [-0.39, 0.29) is 33.0 Å². The monoisotopic (exact) mass is 564 g/mol. The Morgan fingerprint density at radius 2 is 1.10 bits per heavy atom. The molecule has 39 heavy (non-hydrogen) atoms. The highest BCUT2D eigenvalue weighted by molar-refractivity contribution is 5.79. The van der Waals surface area contributed by atoms with Crippen molar-refractivity contribution in [3.8, 4) is 5.75 Å². The van der Waals surface area contributed by atoms with Crippen molar-refractivity contribution in [2.75, 3.05) is 33.0 Å². The summed E-state index contributed by atoms with van der Waals surface area (Å²) in [7, 11) is 0. The number of hydrogen-bond acceptors (Lipinski definition) is 8. The lowest BCUT2D eigenvalue weighted by atomic mass is 10.1. The van der Waals surface area contributed by atoms with Gasteiger partial charge in [-0.25, -0.2) is 4.79 Å². The smallest absolute Gasteiger partial charge is 0.331 e. The van der Waals surface area contributed by atoms with Crippen LogP contribution in [0.5, 0.6) is 5.75 Å². The zero-order valence-corrected chi connectivity index (χ0v) is 25.6. The van der Waals surface area contributed by atoms with E-state index in [9.17, 15) is 4.79 Å². The van der Waals surface area contributed by atoms with Crippen molar-refractivity contribution in [2.24, 2.45) is 0 Å². The van der Waals surface area contributed by atoms with Crippen LogP contribution in [0.4, 0.5) is 0 Å². The van der Waals surface area contributed by atoms with Crippen LogP contribution in [-0.4, -0.2) is 75.4 Å². The Balaban J connectivity index is -0.000000213. The molecule has 234 valence electrons. The van der Waals surface area contributed by atoms with Crippen molar-refractivity contribution >= 4 is 5.97 Å². The molecule has 1 aromatic carbocycles. The van der Waals surface area contributed by atoms with Crippen molar-refractivity contribution < 1.29 is 44.9 Å². The number of carboxylic acid groups (broad SMARTS) is 1. The molecule has 0 radical (unpaired) electrons. The largest absolute Gasteiger partial charge is 0.478 e. The minimum atomic E-state index is -1.03. The fourth-order valence-corrected chi connectivity index (χ4v) is 2.51. The predicted octanol–water partition coefficient (Wildman–Crippen LogP) is 5.53. The molecule has 0 aromatic heterocycles. The van der Waals surface area contributed by atoms with Crippen LogP contribution in [0, 0.1) is 0 Å². The van der Waals surface area contributed by atoms with E-state index in [2.05, 4.69) is 6.92 Å². The van der Waals surface area contributed by atoms with Crippen LogP contribution >= 0.6 is 0 Å². The van der Waals surface area contributed by atoms with Gasteiger partial charge in [-0.2, -0.15) is 0 Å². The average Bonchev–Trinajstić information content (AvgIpc) is 2.86. The van der Waals surface area contributed by atoms with E-state index in [4.69, 9.17) is 40.1 Å². The van der Waals surface area contributed by atoms with Crippen LogP contribution in [-0.2, 0) is 9.53 Å². The first-order valence-electron chi connectivity index (χ1n) is 14.0. The molecule has 0 amide bonds. The topological polar surface area (TPSA) is 157 Å². The highest BCUT2D eigenvalue weighted by Crippen LogP contribution is 2.25. The molecule has 1 rings (SSSR count). The van der Waals surface area contributed by atoms with Gasteiger partial charge in [-0.05, 0) is 53.2 Å². The second-order valence-electron chi connectivity index (χ2n) is 7.76.